The van der Waals surface area contributed by atoms with Gasteiger partial charge in [-0.05, 0) is 33.4 Å². The van der Waals surface area contributed by atoms with Crippen molar-refractivity contribution in [2.75, 3.05) is 11.5 Å². The Morgan fingerprint density at radius 3 is 1.84 bits per heavy atom. The maximum atomic E-state index is 2.60. The second kappa shape index (κ2) is 4.68. The Hall–Kier alpha value is -2.25. The van der Waals surface area contributed by atoms with Gasteiger partial charge in [0.2, 0.25) is 0 Å². The zero-order chi connectivity index (χ0) is 16.5. The average Bonchev–Trinajstić information content (AvgIpc) is 3.14. The second-order valence-electron chi connectivity index (χ2n) is 7.33. The minimum atomic E-state index is -0.142. The lowest BCUT2D eigenvalue weighted by Gasteiger charge is -2.52. The number of benzene rings is 3. The monoisotopic (exact) mass is 338 g/mol. The van der Waals surface area contributed by atoms with Crippen LogP contribution in [0, 0.1) is 0 Å². The number of hydrogen-bond acceptors (Lipinski definition) is 1. The standard InChI is InChI=1S/C24H18S/c1-2-8-17(9-3-1)23-14-18-15-25-16-24(18,21-12-6-4-10-19(21)23)22-13-7-5-11-20(22)23/h1-14H,15-16H2. The molecule has 0 N–H and O–H groups in total. The van der Waals surface area contributed by atoms with Crippen molar-refractivity contribution in [1.82, 2.24) is 0 Å². The maximum absolute atomic E-state index is 2.60. The molecule has 2 bridgehead atoms. The van der Waals surface area contributed by atoms with Gasteiger partial charge in [0.1, 0.15) is 0 Å². The van der Waals surface area contributed by atoms with Crippen LogP contribution < -0.4 is 0 Å². The molecule has 4 aliphatic rings. The van der Waals surface area contributed by atoms with Crippen LogP contribution in [0.2, 0.25) is 0 Å². The van der Waals surface area contributed by atoms with Crippen LogP contribution in [0.1, 0.15) is 27.8 Å². The summed E-state index contributed by atoms with van der Waals surface area (Å²) in [4.78, 5) is 0. The highest BCUT2D eigenvalue weighted by Crippen LogP contribution is 2.64. The second-order valence-corrected chi connectivity index (χ2v) is 8.32. The van der Waals surface area contributed by atoms with Gasteiger partial charge in [-0.25, -0.2) is 0 Å². The first kappa shape index (κ1) is 14.0. The molecule has 0 aromatic heterocycles. The van der Waals surface area contributed by atoms with Crippen molar-refractivity contribution in [2.45, 2.75) is 10.8 Å². The summed E-state index contributed by atoms with van der Waals surface area (Å²) in [5.74, 6) is 2.31. The molecule has 0 radical (unpaired) electrons. The lowest BCUT2D eigenvalue weighted by Crippen LogP contribution is -2.48. The summed E-state index contributed by atoms with van der Waals surface area (Å²) in [6, 6.07) is 29.4. The summed E-state index contributed by atoms with van der Waals surface area (Å²) in [5.41, 5.74) is 8.95. The van der Waals surface area contributed by atoms with Gasteiger partial charge < -0.3 is 0 Å². The molecule has 1 heteroatoms. The molecule has 0 amide bonds. The van der Waals surface area contributed by atoms with E-state index in [1.807, 2.05) is 0 Å². The smallest absolute Gasteiger partial charge is 0.0641 e. The van der Waals surface area contributed by atoms with E-state index in [4.69, 9.17) is 0 Å². The molecule has 1 aliphatic heterocycles. The SMILES string of the molecule is C1=C2CSCC23c2ccccc2C1(c1ccccc1)c1ccccc13. The fourth-order valence-electron chi connectivity index (χ4n) is 5.40. The molecule has 1 heterocycles. The van der Waals surface area contributed by atoms with Crippen molar-refractivity contribution in [3.63, 3.8) is 0 Å². The number of hydrogen-bond donors (Lipinski definition) is 0. The van der Waals surface area contributed by atoms with E-state index in [-0.39, 0.29) is 10.8 Å². The summed E-state index contributed by atoms with van der Waals surface area (Å²) in [5, 5.41) is 0. The molecule has 0 nitrogen and oxygen atoms in total. The highest BCUT2D eigenvalue weighted by Gasteiger charge is 2.57. The zero-order valence-corrected chi connectivity index (χ0v) is 14.7. The fourth-order valence-corrected chi connectivity index (χ4v) is 6.85. The predicted molar refractivity (Wildman–Crippen MR) is 105 cm³/mol. The van der Waals surface area contributed by atoms with Crippen molar-refractivity contribution in [3.8, 4) is 0 Å². The molecule has 1 spiro atoms. The van der Waals surface area contributed by atoms with Crippen molar-refractivity contribution in [1.29, 1.82) is 0 Å². The molecule has 3 aromatic carbocycles. The summed E-state index contributed by atoms with van der Waals surface area (Å²) < 4.78 is 0. The topological polar surface area (TPSA) is 0 Å². The Labute approximate surface area is 152 Å². The van der Waals surface area contributed by atoms with Crippen LogP contribution >= 0.6 is 11.8 Å². The van der Waals surface area contributed by atoms with Gasteiger partial charge in [-0.3, -0.25) is 0 Å². The molecule has 0 atom stereocenters. The highest BCUT2D eigenvalue weighted by atomic mass is 32.2. The normalized spacial score (nSPS) is 28.1. The van der Waals surface area contributed by atoms with E-state index in [1.54, 1.807) is 5.57 Å². The summed E-state index contributed by atoms with van der Waals surface area (Å²) >= 11 is 2.08. The zero-order valence-electron chi connectivity index (χ0n) is 13.9. The van der Waals surface area contributed by atoms with Gasteiger partial charge in [0.05, 0.1) is 10.8 Å². The average molecular weight is 338 g/mol. The van der Waals surface area contributed by atoms with E-state index in [9.17, 15) is 0 Å². The third kappa shape index (κ3) is 1.48. The third-order valence-electron chi connectivity index (χ3n) is 6.37. The van der Waals surface area contributed by atoms with Gasteiger partial charge in [-0.15, -0.1) is 0 Å². The Balaban J connectivity index is 1.84. The van der Waals surface area contributed by atoms with E-state index in [0.29, 0.717) is 0 Å². The quantitative estimate of drug-likeness (QED) is 0.542. The molecule has 0 unspecified atom stereocenters. The molecular formula is C24H18S. The van der Waals surface area contributed by atoms with Gasteiger partial charge in [-0.2, -0.15) is 11.8 Å². The lowest BCUT2D eigenvalue weighted by molar-refractivity contribution is 0.561. The highest BCUT2D eigenvalue weighted by molar-refractivity contribution is 7.99. The first-order valence-corrected chi connectivity index (χ1v) is 10.1. The van der Waals surface area contributed by atoms with Gasteiger partial charge in [0.15, 0.2) is 0 Å². The van der Waals surface area contributed by atoms with Crippen molar-refractivity contribution < 1.29 is 0 Å². The minimum absolute atomic E-state index is 0.0917. The minimum Gasteiger partial charge on any atom is -0.156 e. The number of rotatable bonds is 1. The van der Waals surface area contributed by atoms with Crippen LogP contribution in [-0.4, -0.2) is 11.5 Å². The Morgan fingerprint density at radius 1 is 0.640 bits per heavy atom. The predicted octanol–water partition coefficient (Wildman–Crippen LogP) is 5.31. The van der Waals surface area contributed by atoms with Crippen LogP contribution in [0.4, 0.5) is 0 Å². The molecule has 25 heavy (non-hydrogen) atoms. The summed E-state index contributed by atoms with van der Waals surface area (Å²) in [6.45, 7) is 0. The van der Waals surface area contributed by atoms with Crippen molar-refractivity contribution >= 4 is 11.8 Å². The summed E-state index contributed by atoms with van der Waals surface area (Å²) in [7, 11) is 0. The van der Waals surface area contributed by atoms with Crippen molar-refractivity contribution in [3.05, 3.63) is 118 Å². The maximum Gasteiger partial charge on any atom is 0.0641 e. The Morgan fingerprint density at radius 2 is 1.20 bits per heavy atom. The molecule has 1 saturated heterocycles. The van der Waals surface area contributed by atoms with Gasteiger partial charge in [0.25, 0.3) is 0 Å². The van der Waals surface area contributed by atoms with E-state index in [0.717, 1.165) is 11.5 Å². The van der Waals surface area contributed by atoms with Crippen LogP contribution in [0.5, 0.6) is 0 Å². The first-order chi connectivity index (χ1) is 12.4. The van der Waals surface area contributed by atoms with Crippen LogP contribution in [-0.2, 0) is 10.8 Å². The van der Waals surface area contributed by atoms with Gasteiger partial charge in [0, 0.05) is 11.5 Å². The van der Waals surface area contributed by atoms with Gasteiger partial charge in [-0.1, -0.05) is 84.9 Å². The first-order valence-electron chi connectivity index (χ1n) is 8.93. The van der Waals surface area contributed by atoms with Gasteiger partial charge >= 0.3 is 0 Å². The van der Waals surface area contributed by atoms with Crippen molar-refractivity contribution in [2.24, 2.45) is 0 Å². The van der Waals surface area contributed by atoms with Crippen LogP contribution in [0.25, 0.3) is 0 Å². The summed E-state index contributed by atoms with van der Waals surface area (Å²) in [6.07, 6.45) is 2.60. The van der Waals surface area contributed by atoms with E-state index in [2.05, 4.69) is 96.7 Å². The molecule has 3 aromatic rings. The Bertz CT molecular complexity index is 981. The molecule has 0 saturated carbocycles. The largest absolute Gasteiger partial charge is 0.156 e. The fraction of sp³-hybridized carbons (Fsp3) is 0.167. The van der Waals surface area contributed by atoms with E-state index < -0.39 is 0 Å². The Kier molecular flexibility index (Phi) is 2.61. The lowest BCUT2D eigenvalue weighted by atomic mass is 9.49. The molecule has 7 rings (SSSR count). The molecular weight excluding hydrogens is 320 g/mol. The van der Waals surface area contributed by atoms with Crippen LogP contribution in [0.15, 0.2) is 90.5 Å². The van der Waals surface area contributed by atoms with Crippen LogP contribution in [0.3, 0.4) is 0 Å². The number of thioether (sulfide) groups is 1. The van der Waals surface area contributed by atoms with E-state index >= 15 is 0 Å². The third-order valence-corrected chi connectivity index (χ3v) is 7.52. The van der Waals surface area contributed by atoms with E-state index in [1.165, 1.54) is 27.8 Å². The molecule has 120 valence electrons. The molecule has 1 fully saturated rings. The molecule has 3 aliphatic carbocycles. The number of allylic oxidation sites excluding steroid dienone is 1.